The molecule has 0 heterocycles. The van der Waals surface area contributed by atoms with Crippen molar-refractivity contribution in [1.29, 1.82) is 0 Å². The van der Waals surface area contributed by atoms with Crippen LogP contribution in [0.25, 0.3) is 0 Å². The third-order valence-corrected chi connectivity index (χ3v) is 4.32. The van der Waals surface area contributed by atoms with E-state index in [-0.39, 0.29) is 18.2 Å². The van der Waals surface area contributed by atoms with E-state index in [0.29, 0.717) is 6.54 Å². The summed E-state index contributed by atoms with van der Waals surface area (Å²) in [4.78, 5) is 26.2. The Morgan fingerprint density at radius 2 is 1.60 bits per heavy atom. The van der Waals surface area contributed by atoms with Crippen LogP contribution in [0.3, 0.4) is 0 Å². The van der Waals surface area contributed by atoms with Crippen molar-refractivity contribution in [2.45, 2.75) is 41.0 Å². The average molecular weight is 338 g/mol. The highest BCUT2D eigenvalue weighted by atomic mass is 16.2. The predicted octanol–water partition coefficient (Wildman–Crippen LogP) is 4.30. The van der Waals surface area contributed by atoms with Gasteiger partial charge in [-0.3, -0.25) is 9.59 Å². The molecule has 2 rings (SSSR count). The van der Waals surface area contributed by atoms with Gasteiger partial charge in [0.25, 0.3) is 0 Å². The molecule has 0 unspecified atom stereocenters. The van der Waals surface area contributed by atoms with Gasteiger partial charge in [0.2, 0.25) is 11.8 Å². The van der Waals surface area contributed by atoms with Gasteiger partial charge in [-0.15, -0.1) is 0 Å². The number of nitrogens with one attached hydrogen (secondary N) is 1. The molecule has 4 nitrogen and oxygen atoms in total. The molecule has 0 aromatic heterocycles. The van der Waals surface area contributed by atoms with E-state index in [4.69, 9.17) is 0 Å². The van der Waals surface area contributed by atoms with E-state index in [9.17, 15) is 9.59 Å². The van der Waals surface area contributed by atoms with Crippen molar-refractivity contribution in [3.8, 4) is 0 Å². The van der Waals surface area contributed by atoms with Crippen LogP contribution in [0, 0.1) is 27.7 Å². The zero-order valence-electron chi connectivity index (χ0n) is 15.6. The first-order valence-electron chi connectivity index (χ1n) is 8.51. The smallest absolute Gasteiger partial charge is 0.226 e. The van der Waals surface area contributed by atoms with Gasteiger partial charge in [-0.2, -0.15) is 0 Å². The molecule has 0 saturated carbocycles. The SMILES string of the molecule is CC(=O)N(CCC(=O)Nc1cc(C)ccc1C)c1c(C)cccc1C. The molecule has 0 fully saturated rings. The monoisotopic (exact) mass is 338 g/mol. The van der Waals surface area contributed by atoms with Crippen molar-refractivity contribution >= 4 is 23.2 Å². The fourth-order valence-corrected chi connectivity index (χ4v) is 2.95. The summed E-state index contributed by atoms with van der Waals surface area (Å²) in [6.45, 7) is 9.82. The highest BCUT2D eigenvalue weighted by molar-refractivity contribution is 5.96. The molecule has 2 amide bonds. The number of hydrogen-bond donors (Lipinski definition) is 1. The molecule has 4 heteroatoms. The molecule has 0 saturated heterocycles. The summed E-state index contributed by atoms with van der Waals surface area (Å²) in [5.74, 6) is -0.150. The number of benzene rings is 2. The van der Waals surface area contributed by atoms with Crippen LogP contribution >= 0.6 is 0 Å². The van der Waals surface area contributed by atoms with E-state index < -0.39 is 0 Å². The lowest BCUT2D eigenvalue weighted by Crippen LogP contribution is -2.33. The van der Waals surface area contributed by atoms with Crippen LogP contribution in [0.1, 0.15) is 35.6 Å². The zero-order chi connectivity index (χ0) is 18.6. The fourth-order valence-electron chi connectivity index (χ4n) is 2.95. The lowest BCUT2D eigenvalue weighted by molar-refractivity contribution is -0.117. The number of carbonyl (C=O) groups is 2. The Hall–Kier alpha value is -2.62. The van der Waals surface area contributed by atoms with Crippen LogP contribution < -0.4 is 10.2 Å². The molecule has 132 valence electrons. The van der Waals surface area contributed by atoms with Crippen LogP contribution in [0.2, 0.25) is 0 Å². The minimum absolute atomic E-state index is 0.0584. The quantitative estimate of drug-likeness (QED) is 0.883. The Morgan fingerprint density at radius 1 is 0.960 bits per heavy atom. The first-order valence-corrected chi connectivity index (χ1v) is 8.51. The van der Waals surface area contributed by atoms with Crippen LogP contribution in [0.5, 0.6) is 0 Å². The summed E-state index contributed by atoms with van der Waals surface area (Å²) in [5.41, 5.74) is 5.91. The number of anilines is 2. The molecule has 0 spiro atoms. The molecule has 0 bridgehead atoms. The van der Waals surface area contributed by atoms with Gasteiger partial charge in [0.15, 0.2) is 0 Å². The van der Waals surface area contributed by atoms with E-state index >= 15 is 0 Å². The van der Waals surface area contributed by atoms with Crippen molar-refractivity contribution in [2.24, 2.45) is 0 Å². The number of amides is 2. The van der Waals surface area contributed by atoms with Gasteiger partial charge in [-0.1, -0.05) is 30.3 Å². The summed E-state index contributed by atoms with van der Waals surface area (Å²) in [7, 11) is 0. The molecule has 0 radical (unpaired) electrons. The van der Waals surface area contributed by atoms with Gasteiger partial charge in [0.1, 0.15) is 0 Å². The Morgan fingerprint density at radius 3 is 2.20 bits per heavy atom. The normalized spacial score (nSPS) is 10.4. The number of nitrogens with zero attached hydrogens (tertiary/aromatic N) is 1. The Kier molecular flexibility index (Phi) is 5.97. The van der Waals surface area contributed by atoms with Crippen LogP contribution in [0.15, 0.2) is 36.4 Å². The summed E-state index contributed by atoms with van der Waals surface area (Å²) >= 11 is 0. The van der Waals surface area contributed by atoms with E-state index in [1.165, 1.54) is 6.92 Å². The summed E-state index contributed by atoms with van der Waals surface area (Å²) in [6, 6.07) is 11.9. The van der Waals surface area contributed by atoms with E-state index in [0.717, 1.165) is 33.6 Å². The number of carbonyl (C=O) groups excluding carboxylic acids is 2. The molecule has 2 aromatic rings. The molecular weight excluding hydrogens is 312 g/mol. The first kappa shape index (κ1) is 18.7. The van der Waals surface area contributed by atoms with E-state index in [2.05, 4.69) is 5.32 Å². The predicted molar refractivity (Wildman–Crippen MR) is 103 cm³/mol. The number of aryl methyl sites for hydroxylation is 4. The van der Waals surface area contributed by atoms with Gasteiger partial charge < -0.3 is 10.2 Å². The number of rotatable bonds is 5. The Labute approximate surface area is 149 Å². The second-order valence-electron chi connectivity index (χ2n) is 6.53. The molecule has 25 heavy (non-hydrogen) atoms. The van der Waals surface area contributed by atoms with Gasteiger partial charge in [-0.25, -0.2) is 0 Å². The molecule has 2 aromatic carbocycles. The lowest BCUT2D eigenvalue weighted by atomic mass is 10.1. The molecule has 0 aliphatic heterocycles. The molecule has 0 aliphatic rings. The second kappa shape index (κ2) is 7.97. The maximum Gasteiger partial charge on any atom is 0.226 e. The van der Waals surface area contributed by atoms with Gasteiger partial charge in [0.05, 0.1) is 0 Å². The minimum atomic E-state index is -0.0915. The third kappa shape index (κ3) is 4.69. The Bertz CT molecular complexity index is 776. The third-order valence-electron chi connectivity index (χ3n) is 4.32. The van der Waals surface area contributed by atoms with E-state index in [1.807, 2.05) is 64.1 Å². The summed E-state index contributed by atoms with van der Waals surface area (Å²) in [5, 5.41) is 2.95. The second-order valence-corrected chi connectivity index (χ2v) is 6.53. The van der Waals surface area contributed by atoms with Crippen LogP contribution in [-0.2, 0) is 9.59 Å². The van der Waals surface area contributed by atoms with Crippen molar-refractivity contribution in [2.75, 3.05) is 16.8 Å². The highest BCUT2D eigenvalue weighted by Crippen LogP contribution is 2.25. The molecule has 0 aliphatic carbocycles. The van der Waals surface area contributed by atoms with Crippen LogP contribution in [-0.4, -0.2) is 18.4 Å². The van der Waals surface area contributed by atoms with Crippen LogP contribution in [0.4, 0.5) is 11.4 Å². The standard InChI is InChI=1S/C21H26N2O2/c1-14-9-10-15(2)19(13-14)22-20(25)11-12-23(18(5)24)21-16(3)7-6-8-17(21)4/h6-10,13H,11-12H2,1-5H3,(H,22,25). The zero-order valence-corrected chi connectivity index (χ0v) is 15.6. The summed E-state index contributed by atoms with van der Waals surface area (Å²) in [6.07, 6.45) is 0.251. The van der Waals surface area contributed by atoms with Crippen molar-refractivity contribution in [1.82, 2.24) is 0 Å². The van der Waals surface area contributed by atoms with Gasteiger partial charge in [0, 0.05) is 31.3 Å². The maximum absolute atomic E-state index is 12.4. The van der Waals surface area contributed by atoms with Gasteiger partial charge in [-0.05, 0) is 56.0 Å². The van der Waals surface area contributed by atoms with Crippen molar-refractivity contribution < 1.29 is 9.59 Å². The maximum atomic E-state index is 12.4. The molecule has 1 N–H and O–H groups in total. The van der Waals surface area contributed by atoms with E-state index in [1.54, 1.807) is 4.90 Å². The lowest BCUT2D eigenvalue weighted by Gasteiger charge is -2.25. The Balaban J connectivity index is 2.10. The fraction of sp³-hybridized carbons (Fsp3) is 0.333. The minimum Gasteiger partial charge on any atom is -0.326 e. The van der Waals surface area contributed by atoms with Crippen molar-refractivity contribution in [3.63, 3.8) is 0 Å². The average Bonchev–Trinajstić information content (AvgIpc) is 2.53. The van der Waals surface area contributed by atoms with Crippen molar-refractivity contribution in [3.05, 3.63) is 58.7 Å². The topological polar surface area (TPSA) is 49.4 Å². The largest absolute Gasteiger partial charge is 0.326 e. The highest BCUT2D eigenvalue weighted by Gasteiger charge is 2.17. The number of hydrogen-bond acceptors (Lipinski definition) is 2. The number of para-hydroxylation sites is 1. The molecular formula is C21H26N2O2. The first-order chi connectivity index (χ1) is 11.8. The van der Waals surface area contributed by atoms with Gasteiger partial charge >= 0.3 is 0 Å². The summed E-state index contributed by atoms with van der Waals surface area (Å²) < 4.78 is 0. The molecule has 0 atom stereocenters.